The average molecular weight is 290 g/mol. The van der Waals surface area contributed by atoms with E-state index in [0.29, 0.717) is 19.6 Å². The maximum atomic E-state index is 10.8. The van der Waals surface area contributed by atoms with Gasteiger partial charge in [0.25, 0.3) is 0 Å². The highest BCUT2D eigenvalue weighted by Crippen LogP contribution is 2.29. The van der Waals surface area contributed by atoms with Crippen LogP contribution >= 0.6 is 12.6 Å². The molecule has 0 amide bonds. The van der Waals surface area contributed by atoms with Gasteiger partial charge in [-0.3, -0.25) is 4.79 Å². The third kappa shape index (κ3) is 7.18. The highest BCUT2D eigenvalue weighted by atomic mass is 32.1. The maximum absolute atomic E-state index is 10.8. The van der Waals surface area contributed by atoms with E-state index >= 15 is 0 Å². The van der Waals surface area contributed by atoms with E-state index in [2.05, 4.69) is 12.6 Å². The summed E-state index contributed by atoms with van der Waals surface area (Å²) in [6, 6.07) is 0. The van der Waals surface area contributed by atoms with Crippen LogP contribution in [0.1, 0.15) is 57.8 Å². The fourth-order valence-electron chi connectivity index (χ4n) is 2.45. The lowest BCUT2D eigenvalue weighted by molar-refractivity contribution is -0.182. The Kier molecular flexibility index (Phi) is 8.50. The Morgan fingerprint density at radius 3 is 2.05 bits per heavy atom. The Labute approximate surface area is 121 Å². The van der Waals surface area contributed by atoms with Crippen molar-refractivity contribution in [3.05, 3.63) is 0 Å². The third-order valence-corrected chi connectivity index (χ3v) is 3.77. The monoisotopic (exact) mass is 290 g/mol. The summed E-state index contributed by atoms with van der Waals surface area (Å²) in [7, 11) is 0. The van der Waals surface area contributed by atoms with Crippen LogP contribution in [0.5, 0.6) is 0 Å². The Balaban J connectivity index is 2.07. The zero-order valence-electron chi connectivity index (χ0n) is 11.6. The van der Waals surface area contributed by atoms with Crippen LogP contribution in [0.4, 0.5) is 0 Å². The number of ether oxygens (including phenoxy) is 2. The number of carbonyl (C=O) groups is 1. The summed E-state index contributed by atoms with van der Waals surface area (Å²) < 4.78 is 11.0. The summed E-state index contributed by atoms with van der Waals surface area (Å²) in [4.78, 5) is 10.8. The van der Waals surface area contributed by atoms with Gasteiger partial charge < -0.3 is 14.6 Å². The predicted octanol–water partition coefficient (Wildman–Crippen LogP) is 3.25. The molecule has 0 aromatic heterocycles. The largest absolute Gasteiger partial charge is 0.481 e. The van der Waals surface area contributed by atoms with E-state index in [0.717, 1.165) is 18.6 Å². The standard InChI is InChI=1S/C14H26O4S/c15-13(16)12-14(17-9-10-18-14)8-6-4-2-1-3-5-7-11-19/h19H,1-12H2,(H,15,16). The zero-order chi connectivity index (χ0) is 14.0. The number of unbranched alkanes of at least 4 members (excludes halogenated alkanes) is 6. The first-order chi connectivity index (χ1) is 9.18. The molecule has 0 aromatic rings. The van der Waals surface area contributed by atoms with Gasteiger partial charge in [-0.25, -0.2) is 0 Å². The number of carboxylic acids is 1. The maximum Gasteiger partial charge on any atom is 0.308 e. The van der Waals surface area contributed by atoms with E-state index in [1.807, 2.05) is 0 Å². The second kappa shape index (κ2) is 9.61. The molecule has 0 radical (unpaired) electrons. The summed E-state index contributed by atoms with van der Waals surface area (Å²) in [6.45, 7) is 1.02. The Morgan fingerprint density at radius 1 is 1.00 bits per heavy atom. The lowest BCUT2D eigenvalue weighted by Crippen LogP contribution is -2.33. The number of hydrogen-bond acceptors (Lipinski definition) is 4. The molecular weight excluding hydrogens is 264 g/mol. The van der Waals surface area contributed by atoms with E-state index in [4.69, 9.17) is 14.6 Å². The molecule has 0 atom stereocenters. The molecule has 1 aliphatic heterocycles. The van der Waals surface area contributed by atoms with Gasteiger partial charge in [0.2, 0.25) is 0 Å². The number of rotatable bonds is 11. The molecule has 0 saturated carbocycles. The quantitative estimate of drug-likeness (QED) is 0.453. The third-order valence-electron chi connectivity index (χ3n) is 3.45. The zero-order valence-corrected chi connectivity index (χ0v) is 12.5. The molecule has 0 aromatic carbocycles. The van der Waals surface area contributed by atoms with Crippen molar-refractivity contribution in [1.82, 2.24) is 0 Å². The van der Waals surface area contributed by atoms with Crippen LogP contribution in [-0.2, 0) is 14.3 Å². The number of thiol groups is 1. The van der Waals surface area contributed by atoms with Crippen LogP contribution in [0.15, 0.2) is 0 Å². The summed E-state index contributed by atoms with van der Waals surface area (Å²) >= 11 is 4.19. The Morgan fingerprint density at radius 2 is 1.53 bits per heavy atom. The first-order valence-electron chi connectivity index (χ1n) is 7.29. The van der Waals surface area contributed by atoms with Crippen molar-refractivity contribution >= 4 is 18.6 Å². The van der Waals surface area contributed by atoms with Crippen molar-refractivity contribution in [2.75, 3.05) is 19.0 Å². The van der Waals surface area contributed by atoms with E-state index in [9.17, 15) is 4.79 Å². The molecule has 0 unspecified atom stereocenters. The molecule has 112 valence electrons. The minimum Gasteiger partial charge on any atom is -0.481 e. The van der Waals surface area contributed by atoms with Gasteiger partial charge in [-0.15, -0.1) is 0 Å². The molecule has 0 aliphatic carbocycles. The van der Waals surface area contributed by atoms with Gasteiger partial charge >= 0.3 is 5.97 Å². The highest BCUT2D eigenvalue weighted by molar-refractivity contribution is 7.80. The minimum absolute atomic E-state index is 0.0467. The molecule has 1 N–H and O–H groups in total. The van der Waals surface area contributed by atoms with Crippen molar-refractivity contribution < 1.29 is 19.4 Å². The van der Waals surface area contributed by atoms with Crippen LogP contribution in [-0.4, -0.2) is 35.8 Å². The minimum atomic E-state index is -0.853. The Hall–Kier alpha value is -0.260. The van der Waals surface area contributed by atoms with Gasteiger partial charge in [0.15, 0.2) is 5.79 Å². The van der Waals surface area contributed by atoms with Crippen molar-refractivity contribution in [2.45, 2.75) is 63.6 Å². The SMILES string of the molecule is O=C(O)CC1(CCCCCCCCCS)OCCO1. The summed E-state index contributed by atoms with van der Waals surface area (Å²) in [6.07, 6.45) is 8.93. The van der Waals surface area contributed by atoms with Gasteiger partial charge in [-0.2, -0.15) is 12.6 Å². The average Bonchev–Trinajstić information content (AvgIpc) is 2.80. The molecular formula is C14H26O4S. The Bertz CT molecular complexity index is 252. The molecule has 1 saturated heterocycles. The molecule has 19 heavy (non-hydrogen) atoms. The first-order valence-corrected chi connectivity index (χ1v) is 7.92. The fraction of sp³-hybridized carbons (Fsp3) is 0.929. The second-order valence-corrected chi connectivity index (χ2v) is 5.57. The van der Waals surface area contributed by atoms with Crippen LogP contribution < -0.4 is 0 Å². The predicted molar refractivity (Wildman–Crippen MR) is 77.7 cm³/mol. The van der Waals surface area contributed by atoms with Gasteiger partial charge in [0.05, 0.1) is 19.6 Å². The molecule has 1 heterocycles. The number of carboxylic acid groups (broad SMARTS) is 1. The lowest BCUT2D eigenvalue weighted by atomic mass is 10.0. The second-order valence-electron chi connectivity index (χ2n) is 5.13. The number of aliphatic carboxylic acids is 1. The molecule has 0 bridgehead atoms. The summed E-state index contributed by atoms with van der Waals surface area (Å²) in [5, 5.41) is 8.90. The highest BCUT2D eigenvalue weighted by Gasteiger charge is 2.38. The van der Waals surface area contributed by atoms with Gasteiger partial charge in [-0.05, 0) is 18.6 Å². The normalized spacial score (nSPS) is 17.7. The van der Waals surface area contributed by atoms with E-state index in [1.54, 1.807) is 0 Å². The van der Waals surface area contributed by atoms with E-state index in [-0.39, 0.29) is 6.42 Å². The summed E-state index contributed by atoms with van der Waals surface area (Å²) in [5.74, 6) is -0.724. The topological polar surface area (TPSA) is 55.8 Å². The molecule has 4 nitrogen and oxygen atoms in total. The van der Waals surface area contributed by atoms with Crippen molar-refractivity contribution in [3.8, 4) is 0 Å². The lowest BCUT2D eigenvalue weighted by Gasteiger charge is -2.25. The molecule has 1 aliphatic rings. The number of hydrogen-bond donors (Lipinski definition) is 2. The smallest absolute Gasteiger partial charge is 0.308 e. The van der Waals surface area contributed by atoms with Crippen LogP contribution in [0.2, 0.25) is 0 Å². The van der Waals surface area contributed by atoms with Gasteiger partial charge in [0.1, 0.15) is 0 Å². The first kappa shape index (κ1) is 16.8. The molecule has 1 fully saturated rings. The van der Waals surface area contributed by atoms with Crippen molar-refractivity contribution in [2.24, 2.45) is 0 Å². The molecule has 1 rings (SSSR count). The molecule has 0 spiro atoms. The van der Waals surface area contributed by atoms with E-state index < -0.39 is 11.8 Å². The van der Waals surface area contributed by atoms with Crippen LogP contribution in [0.25, 0.3) is 0 Å². The van der Waals surface area contributed by atoms with Gasteiger partial charge in [0, 0.05) is 6.42 Å². The van der Waals surface area contributed by atoms with Crippen molar-refractivity contribution in [1.29, 1.82) is 0 Å². The fourth-order valence-corrected chi connectivity index (χ4v) is 2.68. The van der Waals surface area contributed by atoms with Crippen LogP contribution in [0, 0.1) is 0 Å². The summed E-state index contributed by atoms with van der Waals surface area (Å²) in [5.41, 5.74) is 0. The van der Waals surface area contributed by atoms with Gasteiger partial charge in [-0.1, -0.05) is 32.1 Å². The molecule has 5 heteroatoms. The van der Waals surface area contributed by atoms with Crippen molar-refractivity contribution in [3.63, 3.8) is 0 Å². The van der Waals surface area contributed by atoms with E-state index in [1.165, 1.54) is 32.1 Å². The van der Waals surface area contributed by atoms with Crippen LogP contribution in [0.3, 0.4) is 0 Å².